The van der Waals surface area contributed by atoms with Gasteiger partial charge in [-0.05, 0) is 32.9 Å². The fraction of sp³-hybridized carbons (Fsp3) is 0.538. The number of nitrogens with two attached hydrogens (primary N) is 1. The van der Waals surface area contributed by atoms with Crippen LogP contribution in [0.25, 0.3) is 0 Å². The molecule has 0 aliphatic rings. The van der Waals surface area contributed by atoms with Crippen LogP contribution in [-0.2, 0) is 0 Å². The molecule has 1 rings (SSSR count). The van der Waals surface area contributed by atoms with E-state index in [0.717, 1.165) is 0 Å². The molecule has 0 spiro atoms. The fourth-order valence-corrected chi connectivity index (χ4v) is 1.62. The summed E-state index contributed by atoms with van der Waals surface area (Å²) in [7, 11) is 0. The van der Waals surface area contributed by atoms with Crippen molar-refractivity contribution < 1.29 is 14.9 Å². The standard InChI is InChI=1S/C13H21NO3/c1-9(2)17-12-6-4-3-5-10(12)13(16)11(15)7-8-14/h3-6,9,11,13,15-16H,7-8,14H2,1-2H3. The van der Waals surface area contributed by atoms with E-state index in [0.29, 0.717) is 24.3 Å². The third-order valence-electron chi connectivity index (χ3n) is 2.43. The van der Waals surface area contributed by atoms with Crippen molar-refractivity contribution in [2.75, 3.05) is 6.54 Å². The molecule has 0 bridgehead atoms. The van der Waals surface area contributed by atoms with Gasteiger partial charge >= 0.3 is 0 Å². The van der Waals surface area contributed by atoms with E-state index in [1.54, 1.807) is 18.2 Å². The summed E-state index contributed by atoms with van der Waals surface area (Å²) in [5.41, 5.74) is 5.96. The Balaban J connectivity index is 2.88. The zero-order valence-electron chi connectivity index (χ0n) is 10.3. The summed E-state index contributed by atoms with van der Waals surface area (Å²) in [5.74, 6) is 0.603. The number of aliphatic hydroxyl groups is 2. The second-order valence-electron chi connectivity index (χ2n) is 4.29. The van der Waals surface area contributed by atoms with E-state index in [4.69, 9.17) is 10.5 Å². The van der Waals surface area contributed by atoms with Gasteiger partial charge in [-0.25, -0.2) is 0 Å². The lowest BCUT2D eigenvalue weighted by molar-refractivity contribution is 0.0129. The predicted octanol–water partition coefficient (Wildman–Crippen LogP) is 1.22. The molecule has 0 saturated carbocycles. The molecule has 0 heterocycles. The Hall–Kier alpha value is -1.10. The average Bonchev–Trinajstić information content (AvgIpc) is 2.28. The summed E-state index contributed by atoms with van der Waals surface area (Å²) >= 11 is 0. The number of rotatable bonds is 6. The summed E-state index contributed by atoms with van der Waals surface area (Å²) < 4.78 is 5.59. The van der Waals surface area contributed by atoms with Gasteiger partial charge in [-0.15, -0.1) is 0 Å². The predicted molar refractivity (Wildman–Crippen MR) is 66.8 cm³/mol. The SMILES string of the molecule is CC(C)Oc1ccccc1C(O)C(O)CCN. The van der Waals surface area contributed by atoms with Crippen LogP contribution in [0.2, 0.25) is 0 Å². The molecule has 96 valence electrons. The first kappa shape index (κ1) is 14.0. The molecule has 0 aromatic heterocycles. The molecule has 0 aliphatic carbocycles. The van der Waals surface area contributed by atoms with Crippen molar-refractivity contribution >= 4 is 0 Å². The molecule has 4 heteroatoms. The number of para-hydroxylation sites is 1. The van der Waals surface area contributed by atoms with Crippen LogP contribution >= 0.6 is 0 Å². The zero-order valence-corrected chi connectivity index (χ0v) is 10.3. The molecule has 2 unspecified atom stereocenters. The third kappa shape index (κ3) is 4.00. The smallest absolute Gasteiger partial charge is 0.125 e. The van der Waals surface area contributed by atoms with E-state index < -0.39 is 12.2 Å². The molecular formula is C13H21NO3. The molecule has 0 radical (unpaired) electrons. The summed E-state index contributed by atoms with van der Waals surface area (Å²) in [6.07, 6.45) is -1.45. The van der Waals surface area contributed by atoms with Gasteiger partial charge in [0, 0.05) is 5.56 Å². The topological polar surface area (TPSA) is 75.7 Å². The number of aliphatic hydroxyl groups excluding tert-OH is 2. The van der Waals surface area contributed by atoms with Gasteiger partial charge in [-0.2, -0.15) is 0 Å². The van der Waals surface area contributed by atoms with Crippen LogP contribution < -0.4 is 10.5 Å². The summed E-state index contributed by atoms with van der Waals surface area (Å²) in [6.45, 7) is 4.17. The molecule has 1 aromatic carbocycles. The molecule has 0 saturated heterocycles. The lowest BCUT2D eigenvalue weighted by Crippen LogP contribution is -2.22. The van der Waals surface area contributed by atoms with Gasteiger partial charge in [0.15, 0.2) is 0 Å². The Labute approximate surface area is 102 Å². The summed E-state index contributed by atoms with van der Waals surface area (Å²) in [5, 5.41) is 19.8. The van der Waals surface area contributed by atoms with Gasteiger partial charge in [-0.1, -0.05) is 18.2 Å². The van der Waals surface area contributed by atoms with Crippen molar-refractivity contribution in [2.24, 2.45) is 5.73 Å². The monoisotopic (exact) mass is 239 g/mol. The normalized spacial score (nSPS) is 14.7. The highest BCUT2D eigenvalue weighted by molar-refractivity contribution is 5.35. The zero-order chi connectivity index (χ0) is 12.8. The van der Waals surface area contributed by atoms with E-state index in [2.05, 4.69) is 0 Å². The Morgan fingerprint density at radius 3 is 2.47 bits per heavy atom. The van der Waals surface area contributed by atoms with Crippen LogP contribution in [0, 0.1) is 0 Å². The van der Waals surface area contributed by atoms with E-state index in [1.807, 2.05) is 19.9 Å². The first-order valence-electron chi connectivity index (χ1n) is 5.88. The lowest BCUT2D eigenvalue weighted by atomic mass is 10.0. The first-order valence-corrected chi connectivity index (χ1v) is 5.88. The molecule has 0 aliphatic heterocycles. The molecule has 4 N–H and O–H groups in total. The second kappa shape index (κ2) is 6.59. The number of hydrogen-bond acceptors (Lipinski definition) is 4. The van der Waals surface area contributed by atoms with Gasteiger partial charge < -0.3 is 20.7 Å². The van der Waals surface area contributed by atoms with Crippen LogP contribution in [0.15, 0.2) is 24.3 Å². The Morgan fingerprint density at radius 1 is 1.24 bits per heavy atom. The molecule has 0 amide bonds. The van der Waals surface area contributed by atoms with Crippen LogP contribution in [-0.4, -0.2) is 29.0 Å². The van der Waals surface area contributed by atoms with E-state index >= 15 is 0 Å². The Bertz CT molecular complexity index is 341. The van der Waals surface area contributed by atoms with Gasteiger partial charge in [0.1, 0.15) is 11.9 Å². The summed E-state index contributed by atoms with van der Waals surface area (Å²) in [4.78, 5) is 0. The minimum atomic E-state index is -0.964. The molecule has 17 heavy (non-hydrogen) atoms. The van der Waals surface area contributed by atoms with Gasteiger partial charge in [0.2, 0.25) is 0 Å². The lowest BCUT2D eigenvalue weighted by Gasteiger charge is -2.21. The molecule has 0 fully saturated rings. The Morgan fingerprint density at radius 2 is 1.88 bits per heavy atom. The highest BCUT2D eigenvalue weighted by atomic mass is 16.5. The molecular weight excluding hydrogens is 218 g/mol. The fourth-order valence-electron chi connectivity index (χ4n) is 1.62. The van der Waals surface area contributed by atoms with Crippen LogP contribution in [0.4, 0.5) is 0 Å². The van der Waals surface area contributed by atoms with Gasteiger partial charge in [0.05, 0.1) is 12.2 Å². The number of ether oxygens (including phenoxy) is 1. The maximum atomic E-state index is 10.0. The van der Waals surface area contributed by atoms with E-state index in [9.17, 15) is 10.2 Å². The summed E-state index contributed by atoms with van der Waals surface area (Å²) in [6, 6.07) is 7.18. The van der Waals surface area contributed by atoms with E-state index in [1.165, 1.54) is 0 Å². The maximum absolute atomic E-state index is 10.0. The number of hydrogen-bond donors (Lipinski definition) is 3. The van der Waals surface area contributed by atoms with Crippen LogP contribution in [0.1, 0.15) is 31.9 Å². The van der Waals surface area contributed by atoms with Crippen molar-refractivity contribution in [3.05, 3.63) is 29.8 Å². The van der Waals surface area contributed by atoms with E-state index in [-0.39, 0.29) is 6.10 Å². The minimum Gasteiger partial charge on any atom is -0.491 e. The van der Waals surface area contributed by atoms with Crippen molar-refractivity contribution in [1.82, 2.24) is 0 Å². The van der Waals surface area contributed by atoms with Crippen molar-refractivity contribution in [2.45, 2.75) is 38.6 Å². The van der Waals surface area contributed by atoms with Crippen molar-refractivity contribution in [3.63, 3.8) is 0 Å². The third-order valence-corrected chi connectivity index (χ3v) is 2.43. The van der Waals surface area contributed by atoms with Crippen LogP contribution in [0.3, 0.4) is 0 Å². The van der Waals surface area contributed by atoms with Gasteiger partial charge in [0.25, 0.3) is 0 Å². The first-order chi connectivity index (χ1) is 8.06. The highest BCUT2D eigenvalue weighted by Gasteiger charge is 2.21. The molecule has 1 aromatic rings. The Kier molecular flexibility index (Phi) is 5.41. The number of benzene rings is 1. The highest BCUT2D eigenvalue weighted by Crippen LogP contribution is 2.28. The molecule has 2 atom stereocenters. The molecule has 4 nitrogen and oxygen atoms in total. The quantitative estimate of drug-likeness (QED) is 0.697. The second-order valence-corrected chi connectivity index (χ2v) is 4.29. The van der Waals surface area contributed by atoms with Crippen molar-refractivity contribution in [3.8, 4) is 5.75 Å². The van der Waals surface area contributed by atoms with Crippen LogP contribution in [0.5, 0.6) is 5.75 Å². The average molecular weight is 239 g/mol. The minimum absolute atomic E-state index is 0.0231. The van der Waals surface area contributed by atoms with Crippen molar-refractivity contribution in [1.29, 1.82) is 0 Å². The maximum Gasteiger partial charge on any atom is 0.125 e. The largest absolute Gasteiger partial charge is 0.491 e. The van der Waals surface area contributed by atoms with Gasteiger partial charge in [-0.3, -0.25) is 0 Å².